The summed E-state index contributed by atoms with van der Waals surface area (Å²) >= 11 is 0. The molecule has 0 saturated carbocycles. The standard InChI is InChI=1S/C37H43N3O4S/c1-6-29(4)38-37(42)35(24-31-18-9-7-10-19-31)39(25-32-20-14-13-16-28(32)3)36(41)26-40(34-23-15-17-27(2)30(34)5)45(43,44)33-21-11-8-12-22-33/h7-23,29,35H,6,24-26H2,1-5H3,(H,38,42). The van der Waals surface area contributed by atoms with Gasteiger partial charge in [-0.1, -0.05) is 91.9 Å². The Morgan fingerprint density at radius 2 is 1.38 bits per heavy atom. The average Bonchev–Trinajstić information content (AvgIpc) is 3.04. The van der Waals surface area contributed by atoms with Crippen molar-refractivity contribution in [3.8, 4) is 0 Å². The zero-order valence-electron chi connectivity index (χ0n) is 26.7. The van der Waals surface area contributed by atoms with E-state index >= 15 is 0 Å². The molecule has 0 aliphatic carbocycles. The molecule has 0 aromatic heterocycles. The van der Waals surface area contributed by atoms with Gasteiger partial charge in [0.15, 0.2) is 0 Å². The number of anilines is 1. The van der Waals surface area contributed by atoms with Gasteiger partial charge in [0.1, 0.15) is 12.6 Å². The second kappa shape index (κ2) is 15.0. The molecule has 4 aromatic rings. The predicted molar refractivity (Wildman–Crippen MR) is 180 cm³/mol. The normalized spacial score (nSPS) is 12.6. The molecule has 45 heavy (non-hydrogen) atoms. The van der Waals surface area contributed by atoms with Crippen LogP contribution >= 0.6 is 0 Å². The lowest BCUT2D eigenvalue weighted by atomic mass is 10.0. The Balaban J connectivity index is 1.84. The third kappa shape index (κ3) is 8.19. The van der Waals surface area contributed by atoms with Gasteiger partial charge in [-0.15, -0.1) is 0 Å². The summed E-state index contributed by atoms with van der Waals surface area (Å²) in [4.78, 5) is 30.3. The van der Waals surface area contributed by atoms with Crippen LogP contribution in [0.5, 0.6) is 0 Å². The van der Waals surface area contributed by atoms with Crippen LogP contribution in [0, 0.1) is 20.8 Å². The van der Waals surface area contributed by atoms with E-state index in [1.807, 2.05) is 95.3 Å². The maximum absolute atomic E-state index is 14.6. The fourth-order valence-corrected chi connectivity index (χ4v) is 6.70. The van der Waals surface area contributed by atoms with Crippen molar-refractivity contribution in [3.05, 3.63) is 131 Å². The molecule has 0 spiro atoms. The van der Waals surface area contributed by atoms with E-state index in [0.29, 0.717) is 5.69 Å². The molecule has 4 aromatic carbocycles. The third-order valence-electron chi connectivity index (χ3n) is 8.33. The minimum absolute atomic E-state index is 0.0829. The van der Waals surface area contributed by atoms with Gasteiger partial charge < -0.3 is 10.2 Å². The monoisotopic (exact) mass is 625 g/mol. The van der Waals surface area contributed by atoms with Gasteiger partial charge in [0, 0.05) is 19.0 Å². The van der Waals surface area contributed by atoms with E-state index in [0.717, 1.165) is 34.2 Å². The predicted octanol–water partition coefficient (Wildman–Crippen LogP) is 6.36. The highest BCUT2D eigenvalue weighted by atomic mass is 32.2. The van der Waals surface area contributed by atoms with Crippen molar-refractivity contribution in [2.45, 2.75) is 71.0 Å². The summed E-state index contributed by atoms with van der Waals surface area (Å²) in [5.74, 6) is -0.752. The molecule has 0 fully saturated rings. The molecule has 2 unspecified atom stereocenters. The van der Waals surface area contributed by atoms with Crippen molar-refractivity contribution in [2.24, 2.45) is 0 Å². The first kappa shape index (κ1) is 33.5. The molecule has 7 nitrogen and oxygen atoms in total. The average molecular weight is 626 g/mol. The highest BCUT2D eigenvalue weighted by Crippen LogP contribution is 2.29. The van der Waals surface area contributed by atoms with Crippen LogP contribution in [-0.2, 0) is 32.6 Å². The molecule has 0 radical (unpaired) electrons. The van der Waals surface area contributed by atoms with E-state index in [-0.39, 0.29) is 29.8 Å². The van der Waals surface area contributed by atoms with Crippen LogP contribution in [0.3, 0.4) is 0 Å². The lowest BCUT2D eigenvalue weighted by molar-refractivity contribution is -0.140. The van der Waals surface area contributed by atoms with Crippen molar-refractivity contribution in [2.75, 3.05) is 10.8 Å². The zero-order valence-corrected chi connectivity index (χ0v) is 27.6. The van der Waals surface area contributed by atoms with Crippen LogP contribution < -0.4 is 9.62 Å². The molecule has 0 aliphatic rings. The minimum atomic E-state index is -4.15. The second-order valence-corrected chi connectivity index (χ2v) is 13.4. The second-order valence-electron chi connectivity index (χ2n) is 11.5. The van der Waals surface area contributed by atoms with E-state index < -0.39 is 28.5 Å². The summed E-state index contributed by atoms with van der Waals surface area (Å²) in [7, 11) is -4.15. The van der Waals surface area contributed by atoms with Gasteiger partial charge in [0.25, 0.3) is 10.0 Å². The van der Waals surface area contributed by atoms with Crippen LogP contribution in [0.15, 0.2) is 108 Å². The van der Waals surface area contributed by atoms with Gasteiger partial charge >= 0.3 is 0 Å². The number of benzene rings is 4. The number of nitrogens with zero attached hydrogens (tertiary/aromatic N) is 2. The third-order valence-corrected chi connectivity index (χ3v) is 10.1. The van der Waals surface area contributed by atoms with Crippen LogP contribution in [0.2, 0.25) is 0 Å². The van der Waals surface area contributed by atoms with Gasteiger partial charge in [0.2, 0.25) is 11.8 Å². The summed E-state index contributed by atoms with van der Waals surface area (Å²) in [6, 6.07) is 29.9. The quantitative estimate of drug-likeness (QED) is 0.187. The summed E-state index contributed by atoms with van der Waals surface area (Å²) in [5, 5.41) is 3.08. The fourth-order valence-electron chi connectivity index (χ4n) is 5.20. The van der Waals surface area contributed by atoms with Crippen molar-refractivity contribution < 1.29 is 18.0 Å². The summed E-state index contributed by atoms with van der Waals surface area (Å²) < 4.78 is 29.6. The Hall–Kier alpha value is -4.43. The molecule has 0 saturated heterocycles. The lowest BCUT2D eigenvalue weighted by Crippen LogP contribution is -2.54. The first-order valence-corrected chi connectivity index (χ1v) is 16.8. The Morgan fingerprint density at radius 3 is 2.02 bits per heavy atom. The number of hydrogen-bond donors (Lipinski definition) is 1. The van der Waals surface area contributed by atoms with Crippen LogP contribution in [0.1, 0.15) is 48.1 Å². The lowest BCUT2D eigenvalue weighted by Gasteiger charge is -2.35. The van der Waals surface area contributed by atoms with Gasteiger partial charge in [-0.25, -0.2) is 8.42 Å². The Bertz CT molecular complexity index is 1710. The number of nitrogens with one attached hydrogen (secondary N) is 1. The van der Waals surface area contributed by atoms with Crippen LogP contribution in [0.25, 0.3) is 0 Å². The fraction of sp³-hybridized carbons (Fsp3) is 0.297. The maximum atomic E-state index is 14.6. The Morgan fingerprint density at radius 1 is 0.778 bits per heavy atom. The number of aryl methyl sites for hydroxylation is 2. The van der Waals surface area contributed by atoms with Crippen molar-refractivity contribution in [1.29, 1.82) is 0 Å². The molecule has 2 amide bonds. The summed E-state index contributed by atoms with van der Waals surface area (Å²) in [6.45, 7) is 9.31. The van der Waals surface area contributed by atoms with Gasteiger partial charge in [-0.05, 0) is 80.1 Å². The van der Waals surface area contributed by atoms with Gasteiger partial charge in [0.05, 0.1) is 10.6 Å². The number of hydrogen-bond acceptors (Lipinski definition) is 4. The van der Waals surface area contributed by atoms with E-state index in [2.05, 4.69) is 5.32 Å². The largest absolute Gasteiger partial charge is 0.352 e. The van der Waals surface area contributed by atoms with E-state index in [1.165, 1.54) is 16.4 Å². The van der Waals surface area contributed by atoms with Crippen LogP contribution in [0.4, 0.5) is 5.69 Å². The van der Waals surface area contributed by atoms with Crippen molar-refractivity contribution >= 4 is 27.5 Å². The van der Waals surface area contributed by atoms with E-state index in [4.69, 9.17) is 0 Å². The highest BCUT2D eigenvalue weighted by molar-refractivity contribution is 7.92. The molecule has 0 bridgehead atoms. The minimum Gasteiger partial charge on any atom is -0.352 e. The highest BCUT2D eigenvalue weighted by Gasteiger charge is 2.35. The topological polar surface area (TPSA) is 86.8 Å². The summed E-state index contributed by atoms with van der Waals surface area (Å²) in [6.07, 6.45) is 1.00. The number of amides is 2. The Labute approximate surface area is 268 Å². The Kier molecular flexibility index (Phi) is 11.2. The molecule has 4 rings (SSSR count). The molecule has 8 heteroatoms. The van der Waals surface area contributed by atoms with Crippen molar-refractivity contribution in [3.63, 3.8) is 0 Å². The van der Waals surface area contributed by atoms with Gasteiger partial charge in [-0.2, -0.15) is 0 Å². The number of carbonyl (C=O) groups excluding carboxylic acids is 2. The summed E-state index contributed by atoms with van der Waals surface area (Å²) in [5.41, 5.74) is 4.83. The first-order chi connectivity index (χ1) is 21.5. The molecular formula is C37H43N3O4S. The number of carbonyl (C=O) groups is 2. The van der Waals surface area contributed by atoms with Crippen molar-refractivity contribution in [1.82, 2.24) is 10.2 Å². The van der Waals surface area contributed by atoms with E-state index in [9.17, 15) is 18.0 Å². The maximum Gasteiger partial charge on any atom is 0.264 e. The first-order valence-electron chi connectivity index (χ1n) is 15.3. The molecule has 0 heterocycles. The smallest absolute Gasteiger partial charge is 0.264 e. The van der Waals surface area contributed by atoms with E-state index in [1.54, 1.807) is 35.2 Å². The molecule has 1 N–H and O–H groups in total. The van der Waals surface area contributed by atoms with Gasteiger partial charge in [-0.3, -0.25) is 13.9 Å². The van der Waals surface area contributed by atoms with Crippen LogP contribution in [-0.4, -0.2) is 43.8 Å². The molecule has 2 atom stereocenters. The number of rotatable bonds is 13. The SMILES string of the molecule is CCC(C)NC(=O)C(Cc1ccccc1)N(Cc1ccccc1C)C(=O)CN(c1cccc(C)c1C)S(=O)(=O)c1ccccc1. The molecular weight excluding hydrogens is 582 g/mol. The zero-order chi connectivity index (χ0) is 32.6. The molecule has 0 aliphatic heterocycles. The molecule has 236 valence electrons. The number of sulfonamides is 1.